The molecule has 8 heteroatoms. The van der Waals surface area contributed by atoms with E-state index in [2.05, 4.69) is 15.3 Å². The van der Waals surface area contributed by atoms with Crippen molar-refractivity contribution in [2.75, 3.05) is 5.32 Å². The van der Waals surface area contributed by atoms with Crippen LogP contribution in [0.1, 0.15) is 25.7 Å². The summed E-state index contributed by atoms with van der Waals surface area (Å²) in [6.45, 7) is 0. The number of nitrogens with zero attached hydrogens (tertiary/aromatic N) is 3. The second-order valence-electron chi connectivity index (χ2n) is 4.62. The molecule has 0 unspecified atom stereocenters. The fourth-order valence-corrected chi connectivity index (χ4v) is 2.19. The van der Waals surface area contributed by atoms with Gasteiger partial charge in [-0.15, -0.1) is 0 Å². The summed E-state index contributed by atoms with van der Waals surface area (Å²) in [4.78, 5) is 28.7. The lowest BCUT2D eigenvalue weighted by Crippen LogP contribution is -2.32. The third-order valence-electron chi connectivity index (χ3n) is 3.31. The highest BCUT2D eigenvalue weighted by atomic mass is 16.6. The van der Waals surface area contributed by atoms with E-state index in [9.17, 15) is 14.9 Å². The Morgan fingerprint density at radius 1 is 1.32 bits per heavy atom. The number of nitrogens with one attached hydrogen (secondary N) is 1. The molecule has 1 aromatic rings. The predicted molar refractivity (Wildman–Crippen MR) is 67.2 cm³/mol. The van der Waals surface area contributed by atoms with Gasteiger partial charge in [0.2, 0.25) is 11.9 Å². The standard InChI is InChI=1S/C11H15N5O3/c12-10(17)7-1-3-8(4-2-7)15-11-13-5-9(6-14-11)16(18)19/h5-8H,1-4H2,(H2,12,17)(H,13,14,15). The van der Waals surface area contributed by atoms with Gasteiger partial charge in [-0.3, -0.25) is 14.9 Å². The largest absolute Gasteiger partial charge is 0.369 e. The zero-order valence-corrected chi connectivity index (χ0v) is 10.3. The SMILES string of the molecule is NC(=O)C1CCC(Nc2ncc([N+](=O)[O-])cn2)CC1. The normalized spacial score (nSPS) is 22.7. The summed E-state index contributed by atoms with van der Waals surface area (Å²) < 4.78 is 0. The van der Waals surface area contributed by atoms with Gasteiger partial charge in [0.1, 0.15) is 12.4 Å². The Labute approximate surface area is 109 Å². The molecule has 0 aromatic carbocycles. The van der Waals surface area contributed by atoms with Gasteiger partial charge >= 0.3 is 5.69 Å². The van der Waals surface area contributed by atoms with Gasteiger partial charge < -0.3 is 11.1 Å². The number of nitro groups is 1. The van der Waals surface area contributed by atoms with Gasteiger partial charge in [-0.1, -0.05) is 0 Å². The average Bonchev–Trinajstić information content (AvgIpc) is 2.40. The lowest BCUT2D eigenvalue weighted by atomic mass is 9.86. The number of hydrogen-bond donors (Lipinski definition) is 2. The van der Waals surface area contributed by atoms with E-state index in [-0.39, 0.29) is 23.6 Å². The smallest absolute Gasteiger partial charge is 0.305 e. The van der Waals surface area contributed by atoms with Crippen LogP contribution in [0.15, 0.2) is 12.4 Å². The molecule has 0 spiro atoms. The summed E-state index contributed by atoms with van der Waals surface area (Å²) in [5.41, 5.74) is 5.13. The number of hydrogen-bond acceptors (Lipinski definition) is 6. The first kappa shape index (κ1) is 13.2. The molecular weight excluding hydrogens is 250 g/mol. The van der Waals surface area contributed by atoms with Crippen molar-refractivity contribution in [1.82, 2.24) is 9.97 Å². The van der Waals surface area contributed by atoms with Crippen LogP contribution in [-0.4, -0.2) is 26.8 Å². The van der Waals surface area contributed by atoms with E-state index in [1.54, 1.807) is 0 Å². The Morgan fingerprint density at radius 2 is 1.89 bits per heavy atom. The molecule has 1 heterocycles. The van der Waals surface area contributed by atoms with Gasteiger partial charge in [0.25, 0.3) is 0 Å². The van der Waals surface area contributed by atoms with E-state index in [0.29, 0.717) is 5.95 Å². The van der Waals surface area contributed by atoms with Crippen LogP contribution in [0.4, 0.5) is 11.6 Å². The van der Waals surface area contributed by atoms with Gasteiger partial charge in [0, 0.05) is 12.0 Å². The second kappa shape index (κ2) is 5.59. The molecule has 0 radical (unpaired) electrons. The monoisotopic (exact) mass is 265 g/mol. The maximum Gasteiger partial charge on any atom is 0.305 e. The molecule has 1 aromatic heterocycles. The number of rotatable bonds is 4. The summed E-state index contributed by atoms with van der Waals surface area (Å²) in [5, 5.41) is 13.6. The summed E-state index contributed by atoms with van der Waals surface area (Å²) >= 11 is 0. The van der Waals surface area contributed by atoms with E-state index in [1.807, 2.05) is 0 Å². The summed E-state index contributed by atoms with van der Waals surface area (Å²) in [7, 11) is 0. The fourth-order valence-electron chi connectivity index (χ4n) is 2.19. The number of anilines is 1. The number of primary amides is 1. The molecular formula is C11H15N5O3. The lowest BCUT2D eigenvalue weighted by Gasteiger charge is -2.27. The minimum Gasteiger partial charge on any atom is -0.369 e. The van der Waals surface area contributed by atoms with Crippen molar-refractivity contribution < 1.29 is 9.72 Å². The van der Waals surface area contributed by atoms with E-state index in [1.165, 1.54) is 12.4 Å². The molecule has 1 saturated carbocycles. The third kappa shape index (κ3) is 3.36. The van der Waals surface area contributed by atoms with E-state index in [4.69, 9.17) is 5.73 Å². The molecule has 0 aliphatic heterocycles. The summed E-state index contributed by atoms with van der Waals surface area (Å²) in [5.74, 6) is 0.0778. The van der Waals surface area contributed by atoms with Gasteiger partial charge in [0.05, 0.1) is 4.92 Å². The van der Waals surface area contributed by atoms with Crippen molar-refractivity contribution in [3.8, 4) is 0 Å². The molecule has 1 amide bonds. The van der Waals surface area contributed by atoms with Crippen LogP contribution in [0, 0.1) is 16.0 Å². The van der Waals surface area contributed by atoms with Crippen molar-refractivity contribution in [3.63, 3.8) is 0 Å². The highest BCUT2D eigenvalue weighted by Crippen LogP contribution is 2.25. The van der Waals surface area contributed by atoms with Crippen LogP contribution >= 0.6 is 0 Å². The van der Waals surface area contributed by atoms with Crippen LogP contribution in [0.3, 0.4) is 0 Å². The maximum absolute atomic E-state index is 11.0. The molecule has 3 N–H and O–H groups in total. The van der Waals surface area contributed by atoms with Crippen LogP contribution in [0.2, 0.25) is 0 Å². The first-order valence-corrected chi connectivity index (χ1v) is 6.08. The zero-order valence-electron chi connectivity index (χ0n) is 10.3. The molecule has 102 valence electrons. The van der Waals surface area contributed by atoms with E-state index >= 15 is 0 Å². The number of carbonyl (C=O) groups excluding carboxylic acids is 1. The van der Waals surface area contributed by atoms with Gasteiger partial charge in [-0.05, 0) is 25.7 Å². The summed E-state index contributed by atoms with van der Waals surface area (Å²) in [6, 6.07) is 0.178. The minimum absolute atomic E-state index is 0.0455. The van der Waals surface area contributed by atoms with Crippen molar-refractivity contribution >= 4 is 17.5 Å². The molecule has 2 rings (SSSR count). The Morgan fingerprint density at radius 3 is 2.37 bits per heavy atom. The quantitative estimate of drug-likeness (QED) is 0.614. The summed E-state index contributed by atoms with van der Waals surface area (Å²) in [6.07, 6.45) is 5.47. The maximum atomic E-state index is 11.0. The van der Waals surface area contributed by atoms with Crippen LogP contribution in [0.5, 0.6) is 0 Å². The molecule has 0 saturated heterocycles. The fraction of sp³-hybridized carbons (Fsp3) is 0.545. The average molecular weight is 265 g/mol. The zero-order chi connectivity index (χ0) is 13.8. The first-order valence-electron chi connectivity index (χ1n) is 6.08. The van der Waals surface area contributed by atoms with Gasteiger partial charge in [-0.2, -0.15) is 0 Å². The Balaban J connectivity index is 1.88. The highest BCUT2D eigenvalue weighted by Gasteiger charge is 2.25. The number of nitrogens with two attached hydrogens (primary N) is 1. The third-order valence-corrected chi connectivity index (χ3v) is 3.31. The van der Waals surface area contributed by atoms with Crippen molar-refractivity contribution in [3.05, 3.63) is 22.5 Å². The van der Waals surface area contributed by atoms with E-state index in [0.717, 1.165) is 25.7 Å². The molecule has 1 aliphatic carbocycles. The molecule has 0 bridgehead atoms. The van der Waals surface area contributed by atoms with Crippen molar-refractivity contribution in [2.24, 2.45) is 11.7 Å². The predicted octanol–water partition coefficient (Wildman–Crippen LogP) is 0.841. The lowest BCUT2D eigenvalue weighted by molar-refractivity contribution is -0.385. The molecule has 0 atom stereocenters. The molecule has 1 fully saturated rings. The van der Waals surface area contributed by atoms with E-state index < -0.39 is 4.92 Å². The van der Waals surface area contributed by atoms with Crippen LogP contribution in [-0.2, 0) is 4.79 Å². The minimum atomic E-state index is -0.540. The Bertz CT molecular complexity index is 468. The van der Waals surface area contributed by atoms with Crippen molar-refractivity contribution in [1.29, 1.82) is 0 Å². The molecule has 8 nitrogen and oxygen atoms in total. The number of carbonyl (C=O) groups is 1. The Hall–Kier alpha value is -2.25. The van der Waals surface area contributed by atoms with Crippen LogP contribution in [0.25, 0.3) is 0 Å². The van der Waals surface area contributed by atoms with Gasteiger partial charge in [0.15, 0.2) is 0 Å². The first-order chi connectivity index (χ1) is 9.06. The number of aromatic nitrogens is 2. The second-order valence-corrected chi connectivity index (χ2v) is 4.62. The topological polar surface area (TPSA) is 124 Å². The highest BCUT2D eigenvalue weighted by molar-refractivity contribution is 5.76. The number of amides is 1. The molecule has 1 aliphatic rings. The van der Waals surface area contributed by atoms with Crippen molar-refractivity contribution in [2.45, 2.75) is 31.7 Å². The Kier molecular flexibility index (Phi) is 3.88. The molecule has 19 heavy (non-hydrogen) atoms. The van der Waals surface area contributed by atoms with Crippen LogP contribution < -0.4 is 11.1 Å². The van der Waals surface area contributed by atoms with Gasteiger partial charge in [-0.25, -0.2) is 9.97 Å².